The number of aryl methyl sites for hydroxylation is 1. The molecule has 2 aromatic carbocycles. The van der Waals surface area contributed by atoms with Gasteiger partial charge in [-0.1, -0.05) is 35.4 Å². The molecule has 0 saturated heterocycles. The zero-order valence-corrected chi connectivity index (χ0v) is 17.8. The van der Waals surface area contributed by atoms with Crippen LogP contribution in [0.3, 0.4) is 0 Å². The number of hydrogen-bond donors (Lipinski definition) is 1. The second-order valence-corrected chi connectivity index (χ2v) is 8.61. The number of ether oxygens (including phenoxy) is 1. The van der Waals surface area contributed by atoms with Crippen molar-refractivity contribution in [3.63, 3.8) is 0 Å². The summed E-state index contributed by atoms with van der Waals surface area (Å²) in [5.74, 6) is -0.363. The van der Waals surface area contributed by atoms with Gasteiger partial charge in [-0.05, 0) is 45.0 Å². The van der Waals surface area contributed by atoms with E-state index in [-0.39, 0.29) is 5.02 Å². The van der Waals surface area contributed by atoms with Gasteiger partial charge in [0.05, 0.1) is 23.0 Å². The highest BCUT2D eigenvalue weighted by atomic mass is 35.5. The summed E-state index contributed by atoms with van der Waals surface area (Å²) in [4.78, 5) is 3.77. The van der Waals surface area contributed by atoms with Gasteiger partial charge in [0.2, 0.25) is 10.0 Å². The summed E-state index contributed by atoms with van der Waals surface area (Å²) in [7, 11) is -4.13. The fourth-order valence-electron chi connectivity index (χ4n) is 2.88. The number of benzene rings is 2. The van der Waals surface area contributed by atoms with E-state index in [1.54, 1.807) is 11.5 Å². The predicted octanol–water partition coefficient (Wildman–Crippen LogP) is 4.84. The third kappa shape index (κ3) is 4.60. The Morgan fingerprint density at radius 3 is 2.59 bits per heavy atom. The van der Waals surface area contributed by atoms with E-state index in [2.05, 4.69) is 9.71 Å². The van der Waals surface area contributed by atoms with Gasteiger partial charge in [-0.2, -0.15) is 0 Å². The molecule has 9 heteroatoms. The van der Waals surface area contributed by atoms with Gasteiger partial charge in [0.1, 0.15) is 10.6 Å². The topological polar surface area (TPSA) is 73.2 Å². The molecule has 1 unspecified atom stereocenters. The molecule has 1 atom stereocenters. The van der Waals surface area contributed by atoms with Crippen LogP contribution in [0.1, 0.15) is 31.1 Å². The summed E-state index contributed by atoms with van der Waals surface area (Å²) < 4.78 is 49.5. The Kier molecular flexibility index (Phi) is 6.26. The summed E-state index contributed by atoms with van der Waals surface area (Å²) in [5, 5.41) is -0.257. The number of imidazole rings is 1. The smallest absolute Gasteiger partial charge is 0.302 e. The lowest BCUT2D eigenvalue weighted by atomic mass is 10.2. The molecule has 154 valence electrons. The number of sulfonamides is 1. The number of hydrogen-bond acceptors (Lipinski definition) is 4. The zero-order chi connectivity index (χ0) is 21.2. The standard InChI is InChI=1S/C20H21ClFN3O3S/c1-4-25-17(12-23-20(25)28-15-10-8-13(2)9-11-15)14(3)24-29(26,27)18-7-5-6-16(21)19(18)22/h5-12,14,24H,4H2,1-3H3. The summed E-state index contributed by atoms with van der Waals surface area (Å²) in [6, 6.07) is 11.0. The summed E-state index contributed by atoms with van der Waals surface area (Å²) in [6.07, 6.45) is 1.54. The normalized spacial score (nSPS) is 12.7. The number of halogens is 2. The summed E-state index contributed by atoms with van der Waals surface area (Å²) in [6.45, 7) is 6.03. The van der Waals surface area contributed by atoms with E-state index in [0.29, 0.717) is 24.0 Å². The van der Waals surface area contributed by atoms with Crippen molar-refractivity contribution >= 4 is 21.6 Å². The molecule has 1 N–H and O–H groups in total. The number of rotatable bonds is 7. The van der Waals surface area contributed by atoms with E-state index in [9.17, 15) is 12.8 Å². The average molecular weight is 438 g/mol. The molecular formula is C20H21ClFN3O3S. The Morgan fingerprint density at radius 2 is 1.93 bits per heavy atom. The fourth-order valence-corrected chi connectivity index (χ4v) is 4.42. The lowest BCUT2D eigenvalue weighted by Crippen LogP contribution is -2.29. The maximum atomic E-state index is 14.2. The first-order valence-electron chi connectivity index (χ1n) is 8.99. The fraction of sp³-hybridized carbons (Fsp3) is 0.250. The van der Waals surface area contributed by atoms with Gasteiger partial charge in [0, 0.05) is 6.54 Å². The van der Waals surface area contributed by atoms with Crippen LogP contribution in [0.2, 0.25) is 5.02 Å². The van der Waals surface area contributed by atoms with Crippen LogP contribution < -0.4 is 9.46 Å². The van der Waals surface area contributed by atoms with E-state index < -0.39 is 26.8 Å². The Morgan fingerprint density at radius 1 is 1.24 bits per heavy atom. The molecule has 1 aromatic heterocycles. The molecule has 0 fully saturated rings. The van der Waals surface area contributed by atoms with E-state index in [0.717, 1.165) is 5.56 Å². The van der Waals surface area contributed by atoms with Crippen molar-refractivity contribution in [1.82, 2.24) is 14.3 Å². The van der Waals surface area contributed by atoms with Crippen LogP contribution in [0, 0.1) is 12.7 Å². The van der Waals surface area contributed by atoms with E-state index in [1.807, 2.05) is 38.1 Å². The van der Waals surface area contributed by atoms with Gasteiger partial charge < -0.3 is 4.74 Å². The second kappa shape index (κ2) is 8.52. The molecule has 0 spiro atoms. The van der Waals surface area contributed by atoms with Crippen molar-refractivity contribution in [2.75, 3.05) is 0 Å². The quantitative estimate of drug-likeness (QED) is 0.574. The Labute approximate surface area is 174 Å². The minimum absolute atomic E-state index is 0.257. The number of nitrogens with zero attached hydrogens (tertiary/aromatic N) is 2. The third-order valence-electron chi connectivity index (χ3n) is 4.38. The van der Waals surface area contributed by atoms with Gasteiger partial charge >= 0.3 is 6.01 Å². The first-order chi connectivity index (χ1) is 13.7. The first-order valence-corrected chi connectivity index (χ1v) is 10.9. The highest BCUT2D eigenvalue weighted by Crippen LogP contribution is 2.27. The van der Waals surface area contributed by atoms with Crippen molar-refractivity contribution < 1.29 is 17.5 Å². The molecule has 0 saturated carbocycles. The molecule has 1 heterocycles. The average Bonchev–Trinajstić information content (AvgIpc) is 3.08. The van der Waals surface area contributed by atoms with Gasteiger partial charge in [0.25, 0.3) is 0 Å². The molecule has 29 heavy (non-hydrogen) atoms. The van der Waals surface area contributed by atoms with Gasteiger partial charge in [0.15, 0.2) is 5.82 Å². The minimum Gasteiger partial charge on any atom is -0.426 e. The van der Waals surface area contributed by atoms with E-state index >= 15 is 0 Å². The lowest BCUT2D eigenvalue weighted by Gasteiger charge is -2.17. The second-order valence-electron chi connectivity index (χ2n) is 6.52. The van der Waals surface area contributed by atoms with Crippen LogP contribution in [0.15, 0.2) is 53.6 Å². The van der Waals surface area contributed by atoms with Crippen molar-refractivity contribution in [1.29, 1.82) is 0 Å². The van der Waals surface area contributed by atoms with E-state index in [4.69, 9.17) is 16.3 Å². The third-order valence-corrected chi connectivity index (χ3v) is 6.23. The highest BCUT2D eigenvalue weighted by molar-refractivity contribution is 7.89. The summed E-state index contributed by atoms with van der Waals surface area (Å²) in [5.41, 5.74) is 1.69. The highest BCUT2D eigenvalue weighted by Gasteiger charge is 2.25. The molecular weight excluding hydrogens is 417 g/mol. The van der Waals surface area contributed by atoms with E-state index in [1.165, 1.54) is 24.4 Å². The molecule has 0 radical (unpaired) electrons. The molecule has 0 aliphatic heterocycles. The molecule has 0 aliphatic rings. The molecule has 0 aliphatic carbocycles. The van der Waals surface area contributed by atoms with Crippen LogP contribution in [-0.4, -0.2) is 18.0 Å². The summed E-state index contributed by atoms with van der Waals surface area (Å²) >= 11 is 5.71. The van der Waals surface area contributed by atoms with Crippen LogP contribution in [-0.2, 0) is 16.6 Å². The van der Waals surface area contributed by atoms with Crippen LogP contribution in [0.25, 0.3) is 0 Å². The van der Waals surface area contributed by atoms with Crippen LogP contribution in [0.4, 0.5) is 4.39 Å². The first kappa shape index (κ1) is 21.3. The number of nitrogens with one attached hydrogen (secondary N) is 1. The monoisotopic (exact) mass is 437 g/mol. The van der Waals surface area contributed by atoms with Gasteiger partial charge in [-0.3, -0.25) is 4.57 Å². The molecule has 0 amide bonds. The minimum atomic E-state index is -4.13. The maximum Gasteiger partial charge on any atom is 0.302 e. The largest absolute Gasteiger partial charge is 0.426 e. The SMILES string of the molecule is CCn1c(C(C)NS(=O)(=O)c2cccc(Cl)c2F)cnc1Oc1ccc(C)cc1. The van der Waals surface area contributed by atoms with Crippen molar-refractivity contribution in [2.24, 2.45) is 0 Å². The molecule has 0 bridgehead atoms. The van der Waals surface area contributed by atoms with Crippen molar-refractivity contribution in [3.8, 4) is 11.8 Å². The van der Waals surface area contributed by atoms with Crippen molar-refractivity contribution in [3.05, 3.63) is 70.8 Å². The Balaban J connectivity index is 1.85. The molecule has 3 rings (SSSR count). The van der Waals surface area contributed by atoms with Gasteiger partial charge in [-0.15, -0.1) is 0 Å². The zero-order valence-electron chi connectivity index (χ0n) is 16.2. The Bertz CT molecular complexity index is 1110. The maximum absolute atomic E-state index is 14.2. The van der Waals surface area contributed by atoms with Gasteiger partial charge in [-0.25, -0.2) is 22.5 Å². The molecule has 3 aromatic rings. The van der Waals surface area contributed by atoms with Crippen LogP contribution >= 0.6 is 11.6 Å². The number of aromatic nitrogens is 2. The Hall–Kier alpha value is -2.42. The molecule has 6 nitrogen and oxygen atoms in total. The van der Waals surface area contributed by atoms with Crippen LogP contribution in [0.5, 0.6) is 11.8 Å². The lowest BCUT2D eigenvalue weighted by molar-refractivity contribution is 0.408. The van der Waals surface area contributed by atoms with Crippen molar-refractivity contribution in [2.45, 2.75) is 38.3 Å². The predicted molar refractivity (Wildman–Crippen MR) is 109 cm³/mol.